The number of hydrogen-bond donors (Lipinski definition) is 2. The number of ketones is 1. The third-order valence-electron chi connectivity index (χ3n) is 6.10. The van der Waals surface area contributed by atoms with E-state index < -0.39 is 48.0 Å². The molecule has 1 heterocycles. The molecule has 0 spiro atoms. The Morgan fingerprint density at radius 2 is 1.76 bits per heavy atom. The first-order valence-corrected chi connectivity index (χ1v) is 11.3. The van der Waals surface area contributed by atoms with E-state index in [0.717, 1.165) is 6.07 Å². The molecule has 7 nitrogen and oxygen atoms in total. The third-order valence-corrected chi connectivity index (χ3v) is 6.10. The molecule has 0 bridgehead atoms. The SMILES string of the molecule is Cn1cc(-c2cc(OCCNC(=O)CCC(=O)C(F)(F)F)cc3c2-c2ccccc2C3(O)C(F)(F)F)cn1. The number of benzene rings is 2. The number of aliphatic hydroxyl groups is 1. The number of nitrogens with zero attached hydrogens (tertiary/aromatic N) is 2. The summed E-state index contributed by atoms with van der Waals surface area (Å²) >= 11 is 0. The molecule has 0 aliphatic heterocycles. The predicted octanol–water partition coefficient (Wildman–Crippen LogP) is 4.27. The predicted molar refractivity (Wildman–Crippen MR) is 122 cm³/mol. The number of carbonyl (C=O) groups excluding carboxylic acids is 2. The Morgan fingerprint density at radius 3 is 2.39 bits per heavy atom. The number of ether oxygens (including phenoxy) is 1. The van der Waals surface area contributed by atoms with E-state index in [0.29, 0.717) is 11.1 Å². The van der Waals surface area contributed by atoms with Crippen LogP contribution in [-0.2, 0) is 22.2 Å². The number of carbonyl (C=O) groups is 2. The van der Waals surface area contributed by atoms with Crippen molar-refractivity contribution < 1.29 is 45.8 Å². The van der Waals surface area contributed by atoms with Crippen LogP contribution >= 0.6 is 0 Å². The zero-order valence-corrected chi connectivity index (χ0v) is 19.8. The summed E-state index contributed by atoms with van der Waals surface area (Å²) in [5, 5.41) is 17.4. The van der Waals surface area contributed by atoms with Crippen LogP contribution in [0.2, 0.25) is 0 Å². The van der Waals surface area contributed by atoms with Gasteiger partial charge < -0.3 is 15.2 Å². The molecule has 1 amide bonds. The Balaban J connectivity index is 1.60. The van der Waals surface area contributed by atoms with E-state index in [2.05, 4.69) is 10.4 Å². The number of Topliss-reactive ketones (excluding diaryl/α,β-unsaturated/α-hetero) is 1. The lowest BCUT2D eigenvalue weighted by Gasteiger charge is -2.28. The lowest BCUT2D eigenvalue weighted by molar-refractivity contribution is -0.246. The van der Waals surface area contributed by atoms with E-state index in [1.807, 2.05) is 0 Å². The number of alkyl halides is 6. The third kappa shape index (κ3) is 4.97. The molecule has 202 valence electrons. The van der Waals surface area contributed by atoms with E-state index in [9.17, 15) is 41.0 Å². The lowest BCUT2D eigenvalue weighted by Crippen LogP contribution is -2.41. The lowest BCUT2D eigenvalue weighted by atomic mass is 9.89. The molecule has 38 heavy (non-hydrogen) atoms. The molecule has 0 saturated heterocycles. The molecule has 1 unspecified atom stereocenters. The summed E-state index contributed by atoms with van der Waals surface area (Å²) < 4.78 is 86.8. The van der Waals surface area contributed by atoms with E-state index in [1.165, 1.54) is 35.1 Å². The molecule has 2 aromatic carbocycles. The Bertz CT molecular complexity index is 1380. The number of halogens is 6. The van der Waals surface area contributed by atoms with Crippen LogP contribution in [0.4, 0.5) is 26.3 Å². The summed E-state index contributed by atoms with van der Waals surface area (Å²) in [5.74, 6) is -2.89. The molecule has 1 aliphatic carbocycles. The summed E-state index contributed by atoms with van der Waals surface area (Å²) in [6.07, 6.45) is -8.74. The van der Waals surface area contributed by atoms with Crippen molar-refractivity contribution in [2.24, 2.45) is 7.05 Å². The normalized spacial score (nSPS) is 16.6. The van der Waals surface area contributed by atoms with Crippen LogP contribution in [0.5, 0.6) is 5.75 Å². The highest BCUT2D eigenvalue weighted by Crippen LogP contribution is 2.58. The molecule has 0 saturated carbocycles. The van der Waals surface area contributed by atoms with Crippen molar-refractivity contribution in [2.45, 2.75) is 30.8 Å². The monoisotopic (exact) mass is 541 g/mol. The fourth-order valence-electron chi connectivity index (χ4n) is 4.35. The zero-order valence-electron chi connectivity index (χ0n) is 19.8. The zero-order chi connectivity index (χ0) is 27.9. The van der Waals surface area contributed by atoms with Gasteiger partial charge >= 0.3 is 12.4 Å². The van der Waals surface area contributed by atoms with Gasteiger partial charge in [-0.1, -0.05) is 24.3 Å². The largest absolute Gasteiger partial charge is 0.492 e. The molecular weight excluding hydrogens is 520 g/mol. The van der Waals surface area contributed by atoms with Crippen molar-refractivity contribution in [3.63, 3.8) is 0 Å². The number of amides is 1. The summed E-state index contributed by atoms with van der Waals surface area (Å²) in [7, 11) is 1.63. The van der Waals surface area contributed by atoms with Gasteiger partial charge in [0.15, 0.2) is 0 Å². The number of nitrogens with one attached hydrogen (secondary N) is 1. The molecule has 0 fully saturated rings. The minimum absolute atomic E-state index is 0.0421. The second kappa shape index (κ2) is 9.78. The van der Waals surface area contributed by atoms with Gasteiger partial charge in [0, 0.05) is 42.8 Å². The van der Waals surface area contributed by atoms with Gasteiger partial charge in [0.05, 0.1) is 12.7 Å². The topological polar surface area (TPSA) is 93.5 Å². The van der Waals surface area contributed by atoms with Gasteiger partial charge in [-0.2, -0.15) is 31.4 Å². The van der Waals surface area contributed by atoms with Crippen molar-refractivity contribution in [3.05, 3.63) is 59.9 Å². The second-order valence-corrected chi connectivity index (χ2v) is 8.67. The van der Waals surface area contributed by atoms with Gasteiger partial charge in [0.2, 0.25) is 17.3 Å². The average molecular weight is 541 g/mol. The van der Waals surface area contributed by atoms with E-state index in [4.69, 9.17) is 4.74 Å². The second-order valence-electron chi connectivity index (χ2n) is 8.67. The van der Waals surface area contributed by atoms with Crippen LogP contribution in [-0.4, -0.2) is 52.1 Å². The summed E-state index contributed by atoms with van der Waals surface area (Å²) in [4.78, 5) is 22.6. The van der Waals surface area contributed by atoms with Gasteiger partial charge in [0.25, 0.3) is 0 Å². The fourth-order valence-corrected chi connectivity index (χ4v) is 4.35. The Labute approximate surface area is 212 Å². The maximum Gasteiger partial charge on any atom is 0.449 e. The molecule has 1 aromatic heterocycles. The fraction of sp³-hybridized carbons (Fsp3) is 0.320. The minimum atomic E-state index is -5.07. The molecule has 0 radical (unpaired) electrons. The molecule has 1 atom stereocenters. The van der Waals surface area contributed by atoms with Crippen molar-refractivity contribution in [3.8, 4) is 28.0 Å². The number of fused-ring (bicyclic) bond motifs is 3. The standard InChI is InChI=1S/C25H21F6N3O4/c1-34-13-14(12-33-34)17-10-15(38-9-8-32-21(36)7-6-20(35)24(26,27)28)11-19-22(17)16-4-2-3-5-18(16)23(19,37)25(29,30)31/h2-5,10-13,37H,6-9H2,1H3,(H,32,36). The van der Waals surface area contributed by atoms with Gasteiger partial charge in [-0.15, -0.1) is 0 Å². The van der Waals surface area contributed by atoms with Gasteiger partial charge in [-0.25, -0.2) is 0 Å². The van der Waals surface area contributed by atoms with Gasteiger partial charge in [-0.3, -0.25) is 14.3 Å². The van der Waals surface area contributed by atoms with Crippen molar-refractivity contribution >= 4 is 11.7 Å². The quantitative estimate of drug-likeness (QED) is 0.328. The molecule has 4 rings (SSSR count). The van der Waals surface area contributed by atoms with Crippen LogP contribution in [0.25, 0.3) is 22.3 Å². The number of aromatic nitrogens is 2. The molecular formula is C25H21F6N3O4. The first kappa shape index (κ1) is 27.2. The minimum Gasteiger partial charge on any atom is -0.492 e. The van der Waals surface area contributed by atoms with Crippen LogP contribution < -0.4 is 10.1 Å². The molecule has 13 heteroatoms. The van der Waals surface area contributed by atoms with Crippen LogP contribution in [0, 0.1) is 0 Å². The van der Waals surface area contributed by atoms with Crippen molar-refractivity contribution in [1.82, 2.24) is 15.1 Å². The van der Waals surface area contributed by atoms with E-state index in [-0.39, 0.29) is 35.6 Å². The Morgan fingerprint density at radius 1 is 1.05 bits per heavy atom. The van der Waals surface area contributed by atoms with Crippen LogP contribution in [0.3, 0.4) is 0 Å². The number of rotatable bonds is 8. The number of hydrogen-bond acceptors (Lipinski definition) is 5. The van der Waals surface area contributed by atoms with Gasteiger partial charge in [0.1, 0.15) is 12.4 Å². The first-order valence-electron chi connectivity index (χ1n) is 11.3. The smallest absolute Gasteiger partial charge is 0.449 e. The van der Waals surface area contributed by atoms with Crippen molar-refractivity contribution in [1.29, 1.82) is 0 Å². The molecule has 2 N–H and O–H groups in total. The van der Waals surface area contributed by atoms with E-state index in [1.54, 1.807) is 19.3 Å². The van der Waals surface area contributed by atoms with Crippen LogP contribution in [0.15, 0.2) is 48.8 Å². The summed E-state index contributed by atoms with van der Waals surface area (Å²) in [6, 6.07) is 8.21. The number of aryl methyl sites for hydroxylation is 1. The Hall–Kier alpha value is -3.87. The molecule has 3 aromatic rings. The first-order chi connectivity index (χ1) is 17.7. The average Bonchev–Trinajstić information content (AvgIpc) is 3.39. The van der Waals surface area contributed by atoms with E-state index >= 15 is 0 Å². The van der Waals surface area contributed by atoms with Gasteiger partial charge in [-0.05, 0) is 28.8 Å². The molecule has 1 aliphatic rings. The highest BCUT2D eigenvalue weighted by atomic mass is 19.4. The van der Waals surface area contributed by atoms with Crippen LogP contribution in [0.1, 0.15) is 24.0 Å². The van der Waals surface area contributed by atoms with Crippen molar-refractivity contribution in [2.75, 3.05) is 13.2 Å². The Kier molecular flexibility index (Phi) is 6.99. The maximum atomic E-state index is 14.3. The summed E-state index contributed by atoms with van der Waals surface area (Å²) in [6.45, 7) is -0.441. The maximum absolute atomic E-state index is 14.3. The highest BCUT2D eigenvalue weighted by Gasteiger charge is 2.61. The highest BCUT2D eigenvalue weighted by molar-refractivity contribution is 5.93. The summed E-state index contributed by atoms with van der Waals surface area (Å²) in [5.41, 5.74) is -2.90.